The number of benzene rings is 2. The Kier molecular flexibility index (Phi) is 4.37. The van der Waals surface area contributed by atoms with Crippen LogP contribution in [-0.2, 0) is 31.0 Å². The van der Waals surface area contributed by atoms with E-state index in [0.717, 1.165) is 17.7 Å². The zero-order chi connectivity index (χ0) is 18.1. The van der Waals surface area contributed by atoms with Crippen molar-refractivity contribution >= 4 is 17.6 Å². The molecule has 5 nitrogen and oxygen atoms in total. The van der Waals surface area contributed by atoms with Crippen LogP contribution in [0.25, 0.3) is 0 Å². The number of urea groups is 1. The highest BCUT2D eigenvalue weighted by atomic mass is 16.2. The van der Waals surface area contributed by atoms with Crippen LogP contribution in [0.5, 0.6) is 0 Å². The smallest absolute Gasteiger partial charge is 0.322 e. The summed E-state index contributed by atoms with van der Waals surface area (Å²) in [6, 6.07) is 14.0. The fraction of sp³-hybridized carbons (Fsp3) is 0.333. The van der Waals surface area contributed by atoms with E-state index in [2.05, 4.69) is 17.4 Å². The Labute approximate surface area is 153 Å². The van der Waals surface area contributed by atoms with Crippen LogP contribution in [-0.4, -0.2) is 21.7 Å². The van der Waals surface area contributed by atoms with Gasteiger partial charge in [0.2, 0.25) is 5.91 Å². The first-order valence-corrected chi connectivity index (χ1v) is 9.16. The Balaban J connectivity index is 1.41. The molecule has 2 aromatic rings. The predicted octanol–water partition coefficient (Wildman–Crippen LogP) is 3.88. The molecular formula is C21H23N3O2. The monoisotopic (exact) mass is 349 g/mol. The van der Waals surface area contributed by atoms with Crippen molar-refractivity contribution in [2.75, 3.05) is 5.32 Å². The summed E-state index contributed by atoms with van der Waals surface area (Å²) in [6.07, 6.45) is 1.46. The lowest BCUT2D eigenvalue weighted by molar-refractivity contribution is -0.131. The van der Waals surface area contributed by atoms with E-state index in [1.165, 1.54) is 16.7 Å². The second-order valence-corrected chi connectivity index (χ2v) is 7.04. The van der Waals surface area contributed by atoms with E-state index in [1.807, 2.05) is 47.1 Å². The summed E-state index contributed by atoms with van der Waals surface area (Å²) < 4.78 is 0. The lowest BCUT2D eigenvalue weighted by atomic mass is 10.1. The van der Waals surface area contributed by atoms with Gasteiger partial charge in [-0.25, -0.2) is 4.79 Å². The molecule has 0 aromatic heterocycles. The highest BCUT2D eigenvalue weighted by Crippen LogP contribution is 2.27. The molecule has 0 spiro atoms. The van der Waals surface area contributed by atoms with Crippen molar-refractivity contribution in [3.63, 3.8) is 0 Å². The molecule has 2 aliphatic heterocycles. The molecule has 0 aliphatic carbocycles. The minimum atomic E-state index is -0.0851. The first-order chi connectivity index (χ1) is 12.6. The minimum absolute atomic E-state index is 0.0851. The molecule has 1 N–H and O–H groups in total. The van der Waals surface area contributed by atoms with Crippen LogP contribution in [0.2, 0.25) is 0 Å². The number of anilines is 1. The molecule has 0 unspecified atom stereocenters. The Morgan fingerprint density at radius 1 is 0.885 bits per heavy atom. The van der Waals surface area contributed by atoms with Crippen LogP contribution < -0.4 is 5.32 Å². The maximum absolute atomic E-state index is 12.6. The number of amides is 3. The van der Waals surface area contributed by atoms with E-state index >= 15 is 0 Å². The zero-order valence-corrected chi connectivity index (χ0v) is 15.0. The van der Waals surface area contributed by atoms with Crippen molar-refractivity contribution < 1.29 is 9.59 Å². The number of nitrogens with one attached hydrogen (secondary N) is 1. The van der Waals surface area contributed by atoms with E-state index < -0.39 is 0 Å². The van der Waals surface area contributed by atoms with Gasteiger partial charge >= 0.3 is 6.03 Å². The Hall–Kier alpha value is -2.82. The summed E-state index contributed by atoms with van der Waals surface area (Å²) in [7, 11) is 0. The van der Waals surface area contributed by atoms with Gasteiger partial charge in [0.05, 0.1) is 0 Å². The number of carbonyl (C=O) groups excluding carboxylic acids is 2. The first kappa shape index (κ1) is 16.6. The number of hydrogen-bond acceptors (Lipinski definition) is 2. The summed E-state index contributed by atoms with van der Waals surface area (Å²) in [5.41, 5.74) is 5.50. The largest absolute Gasteiger partial charge is 0.334 e. The molecule has 4 rings (SSSR count). The van der Waals surface area contributed by atoms with Crippen LogP contribution in [0, 0.1) is 0 Å². The average Bonchev–Trinajstić information content (AvgIpc) is 3.25. The van der Waals surface area contributed by atoms with Crippen LogP contribution in [0.4, 0.5) is 10.5 Å². The average molecular weight is 349 g/mol. The zero-order valence-electron chi connectivity index (χ0n) is 15.0. The molecular weight excluding hydrogens is 326 g/mol. The molecule has 2 heterocycles. The van der Waals surface area contributed by atoms with Gasteiger partial charge in [-0.3, -0.25) is 4.79 Å². The SMILES string of the molecule is CCCC(=O)N1Cc2ccc(NC(=O)N3Cc4ccccc4C3)cc2C1. The van der Waals surface area contributed by atoms with Crippen molar-refractivity contribution in [3.05, 3.63) is 64.7 Å². The number of hydrogen-bond donors (Lipinski definition) is 1. The number of carbonyl (C=O) groups is 2. The van der Waals surface area contributed by atoms with Gasteiger partial charge < -0.3 is 15.1 Å². The van der Waals surface area contributed by atoms with Crippen molar-refractivity contribution in [2.24, 2.45) is 0 Å². The molecule has 0 atom stereocenters. The molecule has 134 valence electrons. The summed E-state index contributed by atoms with van der Waals surface area (Å²) in [6.45, 7) is 4.61. The summed E-state index contributed by atoms with van der Waals surface area (Å²) in [5.74, 6) is 0.198. The van der Waals surface area contributed by atoms with Gasteiger partial charge in [-0.15, -0.1) is 0 Å². The highest BCUT2D eigenvalue weighted by molar-refractivity contribution is 5.90. The van der Waals surface area contributed by atoms with Gasteiger partial charge in [-0.1, -0.05) is 37.3 Å². The van der Waals surface area contributed by atoms with Gasteiger partial charge in [0.15, 0.2) is 0 Å². The van der Waals surface area contributed by atoms with Crippen molar-refractivity contribution in [3.8, 4) is 0 Å². The summed E-state index contributed by atoms with van der Waals surface area (Å²) in [4.78, 5) is 28.4. The molecule has 0 fully saturated rings. The Morgan fingerprint density at radius 3 is 2.19 bits per heavy atom. The van der Waals surface area contributed by atoms with Gasteiger partial charge in [-0.05, 0) is 40.8 Å². The van der Waals surface area contributed by atoms with E-state index in [9.17, 15) is 9.59 Å². The molecule has 0 bridgehead atoms. The van der Waals surface area contributed by atoms with Crippen LogP contribution in [0.1, 0.15) is 42.0 Å². The molecule has 0 saturated carbocycles. The highest BCUT2D eigenvalue weighted by Gasteiger charge is 2.25. The lowest BCUT2D eigenvalue weighted by Gasteiger charge is -2.17. The van der Waals surface area contributed by atoms with Gasteiger partial charge in [0.1, 0.15) is 0 Å². The second-order valence-electron chi connectivity index (χ2n) is 7.04. The molecule has 2 aliphatic rings. The van der Waals surface area contributed by atoms with Gasteiger partial charge in [-0.2, -0.15) is 0 Å². The molecule has 5 heteroatoms. The van der Waals surface area contributed by atoms with Crippen molar-refractivity contribution in [2.45, 2.75) is 45.9 Å². The third-order valence-corrected chi connectivity index (χ3v) is 5.12. The van der Waals surface area contributed by atoms with Crippen molar-refractivity contribution in [1.82, 2.24) is 9.80 Å². The van der Waals surface area contributed by atoms with E-state index in [-0.39, 0.29) is 11.9 Å². The first-order valence-electron chi connectivity index (χ1n) is 9.16. The third kappa shape index (κ3) is 3.17. The molecule has 2 aromatic carbocycles. The quantitative estimate of drug-likeness (QED) is 0.914. The van der Waals surface area contributed by atoms with Gasteiger partial charge in [0.25, 0.3) is 0 Å². The van der Waals surface area contributed by atoms with Crippen molar-refractivity contribution in [1.29, 1.82) is 0 Å². The summed E-state index contributed by atoms with van der Waals surface area (Å²) >= 11 is 0. The van der Waals surface area contributed by atoms with Crippen LogP contribution in [0.15, 0.2) is 42.5 Å². The van der Waals surface area contributed by atoms with E-state index in [4.69, 9.17) is 0 Å². The standard InChI is InChI=1S/C21H23N3O2/c1-2-5-20(25)23-11-17-8-9-19(10-18(17)14-23)22-21(26)24-12-15-6-3-4-7-16(15)13-24/h3-4,6-10H,2,5,11-14H2,1H3,(H,22,26). The molecule has 0 radical (unpaired) electrons. The van der Waals surface area contributed by atoms with E-state index in [1.54, 1.807) is 0 Å². The topological polar surface area (TPSA) is 52.7 Å². The molecule has 0 saturated heterocycles. The Morgan fingerprint density at radius 2 is 1.50 bits per heavy atom. The normalized spacial score (nSPS) is 15.0. The summed E-state index contributed by atoms with van der Waals surface area (Å²) in [5, 5.41) is 3.00. The maximum atomic E-state index is 12.6. The lowest BCUT2D eigenvalue weighted by Crippen LogP contribution is -2.30. The molecule has 3 amide bonds. The number of nitrogens with zero attached hydrogens (tertiary/aromatic N) is 2. The van der Waals surface area contributed by atoms with E-state index in [0.29, 0.717) is 32.6 Å². The second kappa shape index (κ2) is 6.83. The number of rotatable bonds is 3. The fourth-order valence-corrected chi connectivity index (χ4v) is 3.70. The Bertz CT molecular complexity index is 837. The van der Waals surface area contributed by atoms with Crippen LogP contribution >= 0.6 is 0 Å². The third-order valence-electron chi connectivity index (χ3n) is 5.12. The van der Waals surface area contributed by atoms with Gasteiger partial charge in [0, 0.05) is 38.3 Å². The maximum Gasteiger partial charge on any atom is 0.322 e. The number of fused-ring (bicyclic) bond motifs is 2. The fourth-order valence-electron chi connectivity index (χ4n) is 3.70. The minimum Gasteiger partial charge on any atom is -0.334 e. The molecule has 26 heavy (non-hydrogen) atoms. The van der Waals surface area contributed by atoms with Crippen LogP contribution in [0.3, 0.4) is 0 Å². The predicted molar refractivity (Wildman–Crippen MR) is 100 cm³/mol.